The van der Waals surface area contributed by atoms with Crippen molar-refractivity contribution in [1.82, 2.24) is 9.88 Å². The van der Waals surface area contributed by atoms with Gasteiger partial charge in [0.1, 0.15) is 5.75 Å². The van der Waals surface area contributed by atoms with Crippen molar-refractivity contribution in [2.75, 3.05) is 19.6 Å². The number of unbranched alkanes of at least 4 members (excludes halogenated alkanes) is 3. The maximum atomic E-state index is 12.6. The van der Waals surface area contributed by atoms with Gasteiger partial charge in [-0.15, -0.1) is 0 Å². The summed E-state index contributed by atoms with van der Waals surface area (Å²) in [5.74, 6) is 0.333. The van der Waals surface area contributed by atoms with E-state index in [9.17, 15) is 4.79 Å². The lowest BCUT2D eigenvalue weighted by atomic mass is 10.1. The minimum atomic E-state index is -0.319. The molecule has 1 heterocycles. The van der Waals surface area contributed by atoms with E-state index < -0.39 is 0 Å². The summed E-state index contributed by atoms with van der Waals surface area (Å²) in [6.45, 7) is 11.8. The van der Waals surface area contributed by atoms with Crippen LogP contribution in [0.3, 0.4) is 0 Å². The Balaban J connectivity index is 1.82. The van der Waals surface area contributed by atoms with Gasteiger partial charge >= 0.3 is 5.97 Å². The van der Waals surface area contributed by atoms with Crippen molar-refractivity contribution in [3.63, 3.8) is 0 Å². The second-order valence-corrected chi connectivity index (χ2v) is 7.34. The largest absolute Gasteiger partial charge is 0.422 e. The number of benzene rings is 1. The van der Waals surface area contributed by atoms with Crippen LogP contribution in [0.2, 0.25) is 0 Å². The van der Waals surface area contributed by atoms with E-state index in [1.807, 2.05) is 38.1 Å². The molecule has 2 aromatic rings. The lowest BCUT2D eigenvalue weighted by Gasteiger charge is -2.17. The fraction of sp³-hybridized carbons (Fsp3) is 0.500. The third-order valence-electron chi connectivity index (χ3n) is 5.21. The molecular weight excluding hydrogens is 348 g/mol. The molecule has 0 fully saturated rings. The van der Waals surface area contributed by atoms with Gasteiger partial charge in [0.15, 0.2) is 0 Å². The summed E-state index contributed by atoms with van der Waals surface area (Å²) in [6, 6.07) is 9.46. The molecule has 0 aliphatic carbocycles. The molecule has 0 atom stereocenters. The molecule has 0 aliphatic heterocycles. The van der Waals surface area contributed by atoms with Crippen molar-refractivity contribution in [3.05, 3.63) is 58.9 Å². The SMILES string of the molecule is CCN(CC)CCCCCCc1cc(C(=O)Oc2c(C)cccc2C)ccn1. The van der Waals surface area contributed by atoms with Crippen molar-refractivity contribution in [2.45, 2.75) is 59.8 Å². The number of aryl methyl sites for hydroxylation is 3. The summed E-state index contributed by atoms with van der Waals surface area (Å²) >= 11 is 0. The van der Waals surface area contributed by atoms with Gasteiger partial charge in [0.2, 0.25) is 0 Å². The van der Waals surface area contributed by atoms with E-state index in [1.165, 1.54) is 25.8 Å². The van der Waals surface area contributed by atoms with E-state index in [1.54, 1.807) is 12.3 Å². The van der Waals surface area contributed by atoms with Gasteiger partial charge in [-0.2, -0.15) is 0 Å². The molecule has 4 nitrogen and oxygen atoms in total. The molecule has 0 saturated heterocycles. The summed E-state index contributed by atoms with van der Waals surface area (Å²) in [5, 5.41) is 0. The molecule has 1 aromatic carbocycles. The molecule has 0 aliphatic rings. The Morgan fingerprint density at radius 1 is 1.00 bits per heavy atom. The first-order chi connectivity index (χ1) is 13.5. The molecule has 0 unspecified atom stereocenters. The Kier molecular flexibility index (Phi) is 9.15. The first kappa shape index (κ1) is 22.1. The van der Waals surface area contributed by atoms with Gasteiger partial charge in [-0.05, 0) is 76.0 Å². The summed E-state index contributed by atoms with van der Waals surface area (Å²) in [5.41, 5.74) is 3.45. The molecule has 0 amide bonds. The summed E-state index contributed by atoms with van der Waals surface area (Å²) < 4.78 is 5.65. The molecule has 2 rings (SSSR count). The average molecular weight is 383 g/mol. The van der Waals surface area contributed by atoms with Crippen molar-refractivity contribution < 1.29 is 9.53 Å². The van der Waals surface area contributed by atoms with Crippen molar-refractivity contribution in [1.29, 1.82) is 0 Å². The van der Waals surface area contributed by atoms with E-state index in [4.69, 9.17) is 4.74 Å². The Bertz CT molecular complexity index is 734. The highest BCUT2D eigenvalue weighted by Gasteiger charge is 2.13. The maximum absolute atomic E-state index is 12.6. The zero-order valence-corrected chi connectivity index (χ0v) is 17.8. The fourth-order valence-corrected chi connectivity index (χ4v) is 3.39. The topological polar surface area (TPSA) is 42.4 Å². The van der Waals surface area contributed by atoms with Crippen LogP contribution in [0.4, 0.5) is 0 Å². The van der Waals surface area contributed by atoms with Crippen LogP contribution >= 0.6 is 0 Å². The number of pyridine rings is 1. The van der Waals surface area contributed by atoms with E-state index >= 15 is 0 Å². The van der Waals surface area contributed by atoms with Crippen LogP contribution in [-0.4, -0.2) is 35.5 Å². The van der Waals surface area contributed by atoms with Gasteiger partial charge in [0.05, 0.1) is 5.56 Å². The fourth-order valence-electron chi connectivity index (χ4n) is 3.39. The molecule has 1 aromatic heterocycles. The van der Waals surface area contributed by atoms with Gasteiger partial charge in [0.25, 0.3) is 0 Å². The highest BCUT2D eigenvalue weighted by Crippen LogP contribution is 2.23. The van der Waals surface area contributed by atoms with Crippen molar-refractivity contribution >= 4 is 5.97 Å². The highest BCUT2D eigenvalue weighted by atomic mass is 16.5. The van der Waals surface area contributed by atoms with Gasteiger partial charge < -0.3 is 9.64 Å². The number of ether oxygens (including phenoxy) is 1. The summed E-state index contributed by atoms with van der Waals surface area (Å²) in [6.07, 6.45) is 7.38. The van der Waals surface area contributed by atoms with Crippen LogP contribution in [0, 0.1) is 13.8 Å². The van der Waals surface area contributed by atoms with Crippen LogP contribution < -0.4 is 4.74 Å². The Hall–Kier alpha value is -2.20. The molecule has 152 valence electrons. The third-order valence-corrected chi connectivity index (χ3v) is 5.21. The van der Waals surface area contributed by atoms with Gasteiger partial charge in [0, 0.05) is 11.9 Å². The molecule has 0 bridgehead atoms. The van der Waals surface area contributed by atoms with Gasteiger partial charge in [-0.3, -0.25) is 4.98 Å². The number of esters is 1. The van der Waals surface area contributed by atoms with Crippen LogP contribution in [0.15, 0.2) is 36.5 Å². The number of nitrogens with zero attached hydrogens (tertiary/aromatic N) is 2. The molecular formula is C24H34N2O2. The zero-order chi connectivity index (χ0) is 20.4. The number of hydrogen-bond acceptors (Lipinski definition) is 4. The second-order valence-electron chi connectivity index (χ2n) is 7.34. The molecule has 0 saturated carbocycles. The maximum Gasteiger partial charge on any atom is 0.343 e. The predicted octanol–water partition coefficient (Wildman–Crippen LogP) is 5.36. The highest BCUT2D eigenvalue weighted by molar-refractivity contribution is 5.91. The van der Waals surface area contributed by atoms with Crippen LogP contribution in [-0.2, 0) is 6.42 Å². The Morgan fingerprint density at radius 3 is 2.36 bits per heavy atom. The first-order valence-electron chi connectivity index (χ1n) is 10.5. The number of carbonyl (C=O) groups excluding carboxylic acids is 1. The third kappa shape index (κ3) is 6.75. The number of aromatic nitrogens is 1. The number of hydrogen-bond donors (Lipinski definition) is 0. The van der Waals surface area contributed by atoms with E-state index in [0.29, 0.717) is 11.3 Å². The van der Waals surface area contributed by atoms with Crippen LogP contribution in [0.25, 0.3) is 0 Å². The molecule has 28 heavy (non-hydrogen) atoms. The lowest BCUT2D eigenvalue weighted by molar-refractivity contribution is 0.0732. The molecule has 0 N–H and O–H groups in total. The van der Waals surface area contributed by atoms with E-state index in [0.717, 1.165) is 42.8 Å². The van der Waals surface area contributed by atoms with Crippen molar-refractivity contribution in [2.24, 2.45) is 0 Å². The van der Waals surface area contributed by atoms with E-state index in [2.05, 4.69) is 23.7 Å². The second kappa shape index (κ2) is 11.6. The monoisotopic (exact) mass is 382 g/mol. The first-order valence-corrected chi connectivity index (χ1v) is 10.5. The molecule has 4 heteroatoms. The van der Waals surface area contributed by atoms with Crippen molar-refractivity contribution in [3.8, 4) is 5.75 Å². The minimum Gasteiger partial charge on any atom is -0.422 e. The standard InChI is InChI=1S/C24H34N2O2/c1-5-26(6-2)17-10-8-7-9-14-22-18-21(15-16-25-22)24(27)28-23-19(3)12-11-13-20(23)4/h11-13,15-16,18H,5-10,14,17H2,1-4H3. The predicted molar refractivity (Wildman–Crippen MR) is 115 cm³/mol. The normalized spacial score (nSPS) is 11.0. The smallest absolute Gasteiger partial charge is 0.343 e. The number of para-hydroxylation sites is 1. The van der Waals surface area contributed by atoms with Crippen LogP contribution in [0.1, 0.15) is 66.7 Å². The number of rotatable bonds is 11. The quantitative estimate of drug-likeness (QED) is 0.298. The van der Waals surface area contributed by atoms with Crippen LogP contribution in [0.5, 0.6) is 5.75 Å². The zero-order valence-electron chi connectivity index (χ0n) is 17.8. The lowest BCUT2D eigenvalue weighted by Crippen LogP contribution is -2.23. The van der Waals surface area contributed by atoms with E-state index in [-0.39, 0.29) is 5.97 Å². The number of carbonyl (C=O) groups is 1. The van der Waals surface area contributed by atoms with Gasteiger partial charge in [-0.25, -0.2) is 4.79 Å². The molecule has 0 radical (unpaired) electrons. The Morgan fingerprint density at radius 2 is 1.68 bits per heavy atom. The van der Waals surface area contributed by atoms with Gasteiger partial charge in [-0.1, -0.05) is 44.9 Å². The summed E-state index contributed by atoms with van der Waals surface area (Å²) in [7, 11) is 0. The summed E-state index contributed by atoms with van der Waals surface area (Å²) in [4.78, 5) is 19.4. The Labute approximate surface area is 169 Å². The average Bonchev–Trinajstić information content (AvgIpc) is 2.70. The molecule has 0 spiro atoms. The minimum absolute atomic E-state index is 0.319.